The topological polar surface area (TPSA) is 104 Å². The van der Waals surface area contributed by atoms with Crippen LogP contribution in [-0.4, -0.2) is 93.0 Å². The normalized spacial score (nSPS) is 19.5. The molecule has 1 aromatic carbocycles. The van der Waals surface area contributed by atoms with Crippen LogP contribution in [0.2, 0.25) is 5.15 Å². The molecule has 3 atom stereocenters. The van der Waals surface area contributed by atoms with Crippen molar-refractivity contribution < 1.29 is 14.4 Å². The fraction of sp³-hybridized carbons (Fsp3) is 0.516. The van der Waals surface area contributed by atoms with E-state index >= 15 is 0 Å². The number of nitrogens with one attached hydrogen (secondary N) is 1. The molecular weight excluding hydrogens is 554 g/mol. The lowest BCUT2D eigenvalue weighted by atomic mass is 9.97. The number of aryl methyl sites for hydroxylation is 1. The molecule has 11 heteroatoms. The monoisotopic (exact) mass is 593 g/mol. The van der Waals surface area contributed by atoms with E-state index in [1.165, 1.54) is 0 Å². The molecule has 1 N–H and O–H groups in total. The van der Waals surface area contributed by atoms with Gasteiger partial charge in [0.2, 0.25) is 17.7 Å². The highest BCUT2D eigenvalue weighted by atomic mass is 35.5. The largest absolute Gasteiger partial charge is 0.350 e. The van der Waals surface area contributed by atoms with E-state index in [4.69, 9.17) is 11.6 Å². The van der Waals surface area contributed by atoms with Gasteiger partial charge in [-0.25, -0.2) is 0 Å². The van der Waals surface area contributed by atoms with E-state index < -0.39 is 12.1 Å². The van der Waals surface area contributed by atoms with Gasteiger partial charge in [0, 0.05) is 57.4 Å². The Balaban J connectivity index is 1.30. The summed E-state index contributed by atoms with van der Waals surface area (Å²) in [5, 5.41) is 8.58. The number of pyridine rings is 1. The Bertz CT molecular complexity index is 1420. The Morgan fingerprint density at radius 2 is 1.93 bits per heavy atom. The van der Waals surface area contributed by atoms with Crippen molar-refractivity contribution in [2.75, 3.05) is 33.7 Å². The molecule has 1 unspecified atom stereocenters. The third-order valence-corrected chi connectivity index (χ3v) is 8.84. The van der Waals surface area contributed by atoms with Crippen molar-refractivity contribution in [3.8, 4) is 0 Å². The molecule has 2 aliphatic heterocycles. The van der Waals surface area contributed by atoms with E-state index in [-0.39, 0.29) is 23.6 Å². The molecule has 4 heterocycles. The maximum Gasteiger partial charge on any atom is 0.243 e. The first-order valence-electron chi connectivity index (χ1n) is 14.7. The summed E-state index contributed by atoms with van der Waals surface area (Å²) < 4.78 is 1.73. The van der Waals surface area contributed by atoms with Gasteiger partial charge in [-0.15, -0.1) is 0 Å². The van der Waals surface area contributed by atoms with Gasteiger partial charge < -0.3 is 15.1 Å². The third kappa shape index (κ3) is 6.76. The third-order valence-electron chi connectivity index (χ3n) is 8.56. The van der Waals surface area contributed by atoms with Crippen LogP contribution in [0.4, 0.5) is 0 Å². The van der Waals surface area contributed by atoms with Crippen molar-refractivity contribution in [1.29, 1.82) is 0 Å². The smallest absolute Gasteiger partial charge is 0.243 e. The van der Waals surface area contributed by atoms with Gasteiger partial charge in [0.05, 0.1) is 11.6 Å². The first kappa shape index (κ1) is 30.0. The standard InChI is InChI=1S/C31H40ClN7O3/c1-36(2)26(10-11-28(40)38-13-4-5-14-38)31(42)39-20-23(15-21-7-6-12-33-18-21)17-27(39)30(41)34-19-22-8-9-25-24(16-22)29(32)35-37(25)3/h6-9,12,16,18,23,26-27H,4-5,10-11,13-15,17,19-20H2,1-3H3,(H,34,41)/t23?,26-,27+/m1/s1. The molecule has 10 nitrogen and oxygen atoms in total. The second-order valence-electron chi connectivity index (χ2n) is 11.8. The van der Waals surface area contributed by atoms with Crippen molar-refractivity contribution in [3.63, 3.8) is 0 Å². The van der Waals surface area contributed by atoms with Crippen LogP contribution in [0.25, 0.3) is 10.9 Å². The minimum Gasteiger partial charge on any atom is -0.350 e. The summed E-state index contributed by atoms with van der Waals surface area (Å²) in [6.07, 6.45) is 7.69. The molecule has 5 rings (SSSR count). The Morgan fingerprint density at radius 1 is 1.14 bits per heavy atom. The lowest BCUT2D eigenvalue weighted by molar-refractivity contribution is -0.142. The number of rotatable bonds is 10. The molecule has 224 valence electrons. The van der Waals surface area contributed by atoms with E-state index in [0.717, 1.165) is 54.4 Å². The van der Waals surface area contributed by atoms with Crippen LogP contribution >= 0.6 is 11.6 Å². The van der Waals surface area contributed by atoms with Crippen molar-refractivity contribution in [2.24, 2.45) is 13.0 Å². The van der Waals surface area contributed by atoms with Crippen LogP contribution in [0.1, 0.15) is 43.2 Å². The minimum absolute atomic E-state index is 0.100. The van der Waals surface area contributed by atoms with E-state index in [0.29, 0.717) is 37.5 Å². The highest BCUT2D eigenvalue weighted by molar-refractivity contribution is 6.34. The summed E-state index contributed by atoms with van der Waals surface area (Å²) in [4.78, 5) is 50.2. The summed E-state index contributed by atoms with van der Waals surface area (Å²) in [6.45, 7) is 2.38. The molecule has 0 bridgehead atoms. The molecule has 3 amide bonds. The zero-order valence-corrected chi connectivity index (χ0v) is 25.4. The number of carbonyl (C=O) groups excluding carboxylic acids is 3. The summed E-state index contributed by atoms with van der Waals surface area (Å²) in [7, 11) is 5.56. The van der Waals surface area contributed by atoms with Gasteiger partial charge in [-0.2, -0.15) is 5.10 Å². The zero-order chi connectivity index (χ0) is 29.8. The van der Waals surface area contributed by atoms with E-state index in [2.05, 4.69) is 15.4 Å². The van der Waals surface area contributed by atoms with Crippen molar-refractivity contribution in [2.45, 2.75) is 57.2 Å². The van der Waals surface area contributed by atoms with E-state index in [9.17, 15) is 14.4 Å². The predicted octanol–water partition coefficient (Wildman–Crippen LogP) is 3.03. The fourth-order valence-electron chi connectivity index (χ4n) is 6.28. The van der Waals surface area contributed by atoms with Gasteiger partial charge in [-0.1, -0.05) is 23.7 Å². The highest BCUT2D eigenvalue weighted by Crippen LogP contribution is 2.29. The fourth-order valence-corrected chi connectivity index (χ4v) is 6.55. The number of hydrogen-bond donors (Lipinski definition) is 1. The second kappa shape index (κ2) is 13.2. The molecule has 0 radical (unpaired) electrons. The van der Waals surface area contributed by atoms with Crippen LogP contribution in [0.15, 0.2) is 42.7 Å². The zero-order valence-electron chi connectivity index (χ0n) is 24.6. The lowest BCUT2D eigenvalue weighted by Crippen LogP contribution is -2.52. The van der Waals surface area contributed by atoms with E-state index in [1.807, 2.05) is 67.5 Å². The minimum atomic E-state index is -0.596. The number of benzene rings is 1. The van der Waals surface area contributed by atoms with Crippen LogP contribution < -0.4 is 5.32 Å². The van der Waals surface area contributed by atoms with Crippen LogP contribution in [0.5, 0.6) is 0 Å². The van der Waals surface area contributed by atoms with Gasteiger partial charge in [-0.3, -0.25) is 28.9 Å². The number of amides is 3. The number of likely N-dealkylation sites (tertiary alicyclic amines) is 2. The second-order valence-corrected chi connectivity index (χ2v) is 12.1. The number of carbonyl (C=O) groups is 3. The molecule has 0 aliphatic carbocycles. The van der Waals surface area contributed by atoms with Crippen molar-refractivity contribution in [3.05, 3.63) is 59.0 Å². The number of aromatic nitrogens is 3. The van der Waals surface area contributed by atoms with E-state index in [1.54, 1.807) is 15.8 Å². The number of likely N-dealkylation sites (N-methyl/N-ethyl adjacent to an activating group) is 1. The molecule has 2 saturated heterocycles. The van der Waals surface area contributed by atoms with Gasteiger partial charge in [0.15, 0.2) is 5.15 Å². The molecule has 3 aromatic rings. The quantitative estimate of drug-likeness (QED) is 0.388. The Hall–Kier alpha value is -3.50. The summed E-state index contributed by atoms with van der Waals surface area (Å²) in [5.74, 6) is -0.0665. The number of nitrogens with zero attached hydrogens (tertiary/aromatic N) is 6. The van der Waals surface area contributed by atoms with Gasteiger partial charge in [0.1, 0.15) is 6.04 Å². The molecule has 2 aromatic heterocycles. The summed E-state index contributed by atoms with van der Waals surface area (Å²) in [5.41, 5.74) is 2.90. The number of fused-ring (bicyclic) bond motifs is 1. The summed E-state index contributed by atoms with van der Waals surface area (Å²) >= 11 is 6.29. The molecule has 2 fully saturated rings. The Morgan fingerprint density at radius 3 is 2.64 bits per heavy atom. The molecule has 0 spiro atoms. The van der Waals surface area contributed by atoms with Gasteiger partial charge >= 0.3 is 0 Å². The van der Waals surface area contributed by atoms with Gasteiger partial charge in [-0.05, 0) is 81.4 Å². The van der Waals surface area contributed by atoms with Gasteiger partial charge in [0.25, 0.3) is 0 Å². The molecule has 2 aliphatic rings. The predicted molar refractivity (Wildman–Crippen MR) is 162 cm³/mol. The maximum atomic E-state index is 14.0. The SMILES string of the molecule is CN(C)[C@H](CCC(=O)N1CCCC1)C(=O)N1CC(Cc2cccnc2)C[C@H]1C(=O)NCc1ccc2c(c1)c(Cl)nn2C. The first-order chi connectivity index (χ1) is 20.2. The molecule has 42 heavy (non-hydrogen) atoms. The van der Waals surface area contributed by atoms with Crippen LogP contribution in [-0.2, 0) is 34.4 Å². The van der Waals surface area contributed by atoms with Crippen molar-refractivity contribution >= 4 is 40.2 Å². The Kier molecular flexibility index (Phi) is 9.43. The first-order valence-corrected chi connectivity index (χ1v) is 15.1. The Labute approximate surface area is 252 Å². The van der Waals surface area contributed by atoms with Crippen LogP contribution in [0.3, 0.4) is 0 Å². The lowest BCUT2D eigenvalue weighted by Gasteiger charge is -2.31. The average molecular weight is 594 g/mol. The maximum absolute atomic E-state index is 14.0. The highest BCUT2D eigenvalue weighted by Gasteiger charge is 2.42. The summed E-state index contributed by atoms with van der Waals surface area (Å²) in [6, 6.07) is 8.67. The molecule has 0 saturated carbocycles. The number of halogens is 1. The molecular formula is C31H40ClN7O3. The number of hydrogen-bond acceptors (Lipinski definition) is 6. The average Bonchev–Trinajstić information content (AvgIpc) is 3.72. The van der Waals surface area contributed by atoms with Crippen molar-refractivity contribution in [1.82, 2.24) is 34.8 Å². The van der Waals surface area contributed by atoms with Crippen LogP contribution in [0, 0.1) is 5.92 Å².